The van der Waals surface area contributed by atoms with Crippen LogP contribution in [0.5, 0.6) is 17.2 Å². The van der Waals surface area contributed by atoms with Crippen LogP contribution in [0.3, 0.4) is 0 Å². The number of carbonyl (C=O) groups is 1. The number of nitrogens with one attached hydrogen (secondary N) is 2. The van der Waals surface area contributed by atoms with Crippen LogP contribution >= 0.6 is 0 Å². The molecular formula is C16H11F5N2O4. The Labute approximate surface area is 148 Å². The molecule has 0 saturated carbocycles. The van der Waals surface area contributed by atoms with Gasteiger partial charge in [0.1, 0.15) is 18.9 Å². The average Bonchev–Trinajstić information content (AvgIpc) is 2.69. The Kier molecular flexibility index (Phi) is 4.93. The number of benzene rings is 2. The van der Waals surface area contributed by atoms with E-state index in [0.717, 1.165) is 0 Å². The first kappa shape index (κ1) is 18.5. The van der Waals surface area contributed by atoms with Crippen LogP contribution in [0, 0.1) is 29.1 Å². The van der Waals surface area contributed by atoms with Crippen molar-refractivity contribution in [3.63, 3.8) is 0 Å². The van der Waals surface area contributed by atoms with Crippen LogP contribution in [-0.2, 0) is 0 Å². The molecule has 6 nitrogen and oxygen atoms in total. The zero-order chi connectivity index (χ0) is 19.7. The maximum atomic E-state index is 13.6. The first-order chi connectivity index (χ1) is 12.8. The summed E-state index contributed by atoms with van der Waals surface area (Å²) in [4.78, 5) is 12.2. The van der Waals surface area contributed by atoms with Crippen molar-refractivity contribution in [3.05, 3.63) is 46.8 Å². The minimum Gasteiger partial charge on any atom is -0.493 e. The molecule has 3 rings (SSSR count). The molecule has 1 heterocycles. The third-order valence-corrected chi connectivity index (χ3v) is 3.60. The van der Waals surface area contributed by atoms with Gasteiger partial charge in [-0.1, -0.05) is 0 Å². The maximum absolute atomic E-state index is 13.6. The molecule has 0 spiro atoms. The van der Waals surface area contributed by atoms with E-state index in [1.54, 1.807) is 5.43 Å². The fourth-order valence-corrected chi connectivity index (χ4v) is 2.31. The molecule has 2 aromatic carbocycles. The van der Waals surface area contributed by atoms with Crippen molar-refractivity contribution >= 4 is 11.6 Å². The fraction of sp³-hybridized carbons (Fsp3) is 0.188. The first-order valence-corrected chi connectivity index (χ1v) is 7.40. The summed E-state index contributed by atoms with van der Waals surface area (Å²) >= 11 is 0. The second kappa shape index (κ2) is 7.17. The van der Waals surface area contributed by atoms with Crippen molar-refractivity contribution in [1.29, 1.82) is 0 Å². The maximum Gasteiger partial charge on any atom is 0.269 e. The number of rotatable bonds is 4. The van der Waals surface area contributed by atoms with Crippen LogP contribution in [0.2, 0.25) is 0 Å². The Morgan fingerprint density at radius 2 is 1.56 bits per heavy atom. The summed E-state index contributed by atoms with van der Waals surface area (Å²) in [5.41, 5.74) is 2.07. The first-order valence-electron chi connectivity index (χ1n) is 7.40. The van der Waals surface area contributed by atoms with Gasteiger partial charge in [-0.25, -0.2) is 22.0 Å². The summed E-state index contributed by atoms with van der Waals surface area (Å²) in [5, 5.41) is 0. The lowest BCUT2D eigenvalue weighted by Gasteiger charge is -2.21. The fourth-order valence-electron chi connectivity index (χ4n) is 2.31. The van der Waals surface area contributed by atoms with Gasteiger partial charge in [0, 0.05) is 5.56 Å². The summed E-state index contributed by atoms with van der Waals surface area (Å²) in [7, 11) is 1.32. The summed E-state index contributed by atoms with van der Waals surface area (Å²) in [6.07, 6.45) is 0. The number of anilines is 1. The minimum atomic E-state index is -2.31. The normalized spacial score (nSPS) is 12.5. The van der Waals surface area contributed by atoms with E-state index in [9.17, 15) is 26.7 Å². The van der Waals surface area contributed by atoms with Crippen LogP contribution < -0.4 is 25.1 Å². The Morgan fingerprint density at radius 3 is 2.19 bits per heavy atom. The predicted molar refractivity (Wildman–Crippen MR) is 81.3 cm³/mol. The van der Waals surface area contributed by atoms with Crippen LogP contribution in [0.15, 0.2) is 12.1 Å². The molecule has 27 heavy (non-hydrogen) atoms. The number of amides is 1. The van der Waals surface area contributed by atoms with Gasteiger partial charge >= 0.3 is 0 Å². The van der Waals surface area contributed by atoms with Crippen LogP contribution in [0.4, 0.5) is 27.6 Å². The third kappa shape index (κ3) is 3.27. The molecule has 1 aliphatic rings. The summed E-state index contributed by atoms with van der Waals surface area (Å²) in [6.45, 7) is 0.501. The summed E-state index contributed by atoms with van der Waals surface area (Å²) in [5.74, 6) is -11.2. The van der Waals surface area contributed by atoms with Crippen LogP contribution in [0.25, 0.3) is 0 Å². The van der Waals surface area contributed by atoms with Crippen molar-refractivity contribution in [2.45, 2.75) is 0 Å². The number of carbonyl (C=O) groups excluding carboxylic acids is 1. The number of halogens is 5. The van der Waals surface area contributed by atoms with Gasteiger partial charge in [-0.15, -0.1) is 0 Å². The number of ether oxygens (including phenoxy) is 3. The predicted octanol–water partition coefficient (Wildman–Crippen LogP) is 2.92. The van der Waals surface area contributed by atoms with E-state index >= 15 is 0 Å². The van der Waals surface area contributed by atoms with Gasteiger partial charge in [0.15, 0.2) is 34.8 Å². The second-order valence-corrected chi connectivity index (χ2v) is 5.23. The number of hydrazine groups is 1. The molecule has 2 N–H and O–H groups in total. The number of hydrogen-bond donors (Lipinski definition) is 2. The largest absolute Gasteiger partial charge is 0.493 e. The van der Waals surface area contributed by atoms with Crippen molar-refractivity contribution in [3.8, 4) is 17.2 Å². The lowest BCUT2D eigenvalue weighted by molar-refractivity contribution is 0.0960. The zero-order valence-electron chi connectivity index (χ0n) is 13.6. The Morgan fingerprint density at radius 1 is 0.963 bits per heavy atom. The van der Waals surface area contributed by atoms with E-state index in [-0.39, 0.29) is 36.0 Å². The lowest BCUT2D eigenvalue weighted by Crippen LogP contribution is -2.31. The SMILES string of the molecule is COc1cc(C(=O)NNc2c(F)c(F)c(F)c(F)c2F)cc2c1OCCO2. The third-order valence-electron chi connectivity index (χ3n) is 3.60. The van der Waals surface area contributed by atoms with Gasteiger partial charge in [0.25, 0.3) is 5.91 Å². The van der Waals surface area contributed by atoms with Crippen LogP contribution in [0.1, 0.15) is 10.4 Å². The molecule has 1 amide bonds. The van der Waals surface area contributed by atoms with E-state index < -0.39 is 40.7 Å². The topological polar surface area (TPSA) is 68.8 Å². The molecule has 0 saturated heterocycles. The summed E-state index contributed by atoms with van der Waals surface area (Å²) in [6, 6.07) is 2.52. The molecule has 0 radical (unpaired) electrons. The Bertz CT molecular complexity index is 876. The molecular weight excluding hydrogens is 379 g/mol. The Balaban J connectivity index is 1.85. The van der Waals surface area contributed by atoms with Crippen molar-refractivity contribution in [1.82, 2.24) is 5.43 Å². The van der Waals surface area contributed by atoms with Crippen molar-refractivity contribution in [2.24, 2.45) is 0 Å². The number of hydrogen-bond acceptors (Lipinski definition) is 5. The van der Waals surface area contributed by atoms with Gasteiger partial charge in [-0.05, 0) is 12.1 Å². The average molecular weight is 390 g/mol. The van der Waals surface area contributed by atoms with E-state index in [0.29, 0.717) is 0 Å². The number of fused-ring (bicyclic) bond motifs is 1. The van der Waals surface area contributed by atoms with E-state index in [2.05, 4.69) is 0 Å². The van der Waals surface area contributed by atoms with Crippen LogP contribution in [-0.4, -0.2) is 26.2 Å². The lowest BCUT2D eigenvalue weighted by atomic mass is 10.1. The van der Waals surface area contributed by atoms with Crippen molar-refractivity contribution in [2.75, 3.05) is 25.7 Å². The minimum absolute atomic E-state index is 0.0764. The highest BCUT2D eigenvalue weighted by molar-refractivity contribution is 5.96. The van der Waals surface area contributed by atoms with E-state index in [4.69, 9.17) is 14.2 Å². The highest BCUT2D eigenvalue weighted by Gasteiger charge is 2.26. The monoisotopic (exact) mass is 390 g/mol. The second-order valence-electron chi connectivity index (χ2n) is 5.23. The van der Waals surface area contributed by atoms with Gasteiger partial charge in [-0.3, -0.25) is 15.6 Å². The highest BCUT2D eigenvalue weighted by Crippen LogP contribution is 2.40. The molecule has 0 unspecified atom stereocenters. The molecule has 0 atom stereocenters. The highest BCUT2D eigenvalue weighted by atomic mass is 19.2. The standard InChI is InChI=1S/C16H11F5N2O4/c1-25-7-4-6(5-8-15(7)27-3-2-26-8)16(24)23-22-14-12(20)10(18)9(17)11(19)13(14)21/h4-5,22H,2-3H2,1H3,(H,23,24). The van der Waals surface area contributed by atoms with Gasteiger partial charge < -0.3 is 14.2 Å². The Hall–Kier alpha value is -3.24. The van der Waals surface area contributed by atoms with Gasteiger partial charge in [0.05, 0.1) is 7.11 Å². The smallest absolute Gasteiger partial charge is 0.269 e. The number of methoxy groups -OCH3 is 1. The quantitative estimate of drug-likeness (QED) is 0.364. The molecule has 0 fully saturated rings. The van der Waals surface area contributed by atoms with E-state index in [1.165, 1.54) is 19.2 Å². The molecule has 0 bridgehead atoms. The molecule has 1 aliphatic heterocycles. The zero-order valence-corrected chi connectivity index (χ0v) is 13.6. The van der Waals surface area contributed by atoms with Gasteiger partial charge in [0.2, 0.25) is 11.6 Å². The molecule has 11 heteroatoms. The summed E-state index contributed by atoms with van der Waals surface area (Å²) < 4.78 is 82.4. The molecule has 2 aromatic rings. The van der Waals surface area contributed by atoms with E-state index in [1.807, 2.05) is 5.43 Å². The molecule has 0 aromatic heterocycles. The molecule has 144 valence electrons. The van der Waals surface area contributed by atoms with Gasteiger partial charge in [-0.2, -0.15) is 0 Å². The van der Waals surface area contributed by atoms with Crippen molar-refractivity contribution < 1.29 is 41.0 Å². The molecule has 0 aliphatic carbocycles.